The Bertz CT molecular complexity index is 492. The van der Waals surface area contributed by atoms with Crippen LogP contribution in [0.25, 0.3) is 0 Å². The molecule has 0 aromatic rings. The number of rotatable bonds is 30. The van der Waals surface area contributed by atoms with Crippen molar-refractivity contribution in [1.29, 1.82) is 0 Å². The number of carbonyl (C=O) groups excluding carboxylic acids is 2. The van der Waals surface area contributed by atoms with Gasteiger partial charge in [0.15, 0.2) is 0 Å². The first-order chi connectivity index (χ1) is 18.2. The van der Waals surface area contributed by atoms with Crippen molar-refractivity contribution in [3.8, 4) is 0 Å². The molecule has 0 heterocycles. The number of esters is 2. The average Bonchev–Trinajstić information content (AvgIpc) is 2.89. The zero-order valence-corrected chi connectivity index (χ0v) is 26.4. The topological polar surface area (TPSA) is 106 Å². The summed E-state index contributed by atoms with van der Waals surface area (Å²) in [5.41, 5.74) is 0. The third-order valence-corrected chi connectivity index (χ3v) is 7.70. The van der Waals surface area contributed by atoms with Crippen molar-refractivity contribution in [2.75, 3.05) is 0 Å². The van der Waals surface area contributed by atoms with Gasteiger partial charge in [0.05, 0.1) is 0 Å². The second-order valence-corrected chi connectivity index (χ2v) is 11.5. The molecule has 0 aliphatic heterocycles. The molecule has 5 nitrogen and oxygen atoms in total. The lowest BCUT2D eigenvalue weighted by Gasteiger charge is -2.05. The normalized spacial score (nSPS) is 10.1. The van der Waals surface area contributed by atoms with E-state index in [4.69, 9.17) is 4.74 Å². The highest BCUT2D eigenvalue weighted by atomic mass is 24.3. The monoisotopic (exact) mass is 611 g/mol. The lowest BCUT2D eigenvalue weighted by molar-refractivity contribution is -0.159. The van der Waals surface area contributed by atoms with Crippen molar-refractivity contribution in [1.82, 2.24) is 0 Å². The van der Waals surface area contributed by atoms with Crippen LogP contribution in [0.5, 0.6) is 0 Å². The van der Waals surface area contributed by atoms with Gasteiger partial charge in [-0.3, -0.25) is 9.59 Å². The third kappa shape index (κ3) is 45.2. The molecule has 0 rings (SSSR count). The summed E-state index contributed by atoms with van der Waals surface area (Å²) in [7, 11) is 0. The molecule has 0 aromatic carbocycles. The zero-order valence-electron chi connectivity index (χ0n) is 26.4. The van der Waals surface area contributed by atoms with Gasteiger partial charge in [-0.2, -0.15) is 0 Å². The molecule has 0 fully saturated rings. The SMILES string of the molecule is CCCCCCCCCCCCCCCCCC(=O)OC(=O)CCCCCCCCCCCCCCC.O.O.[MgH2].[MgH2]. The van der Waals surface area contributed by atoms with Gasteiger partial charge < -0.3 is 15.7 Å². The van der Waals surface area contributed by atoms with E-state index in [0.29, 0.717) is 12.8 Å². The average molecular weight is 612 g/mol. The van der Waals surface area contributed by atoms with E-state index in [0.717, 1.165) is 25.7 Å². The molecule has 4 N–H and O–H groups in total. The summed E-state index contributed by atoms with van der Waals surface area (Å²) in [6, 6.07) is 0. The molecule has 0 bridgehead atoms. The van der Waals surface area contributed by atoms with Crippen molar-refractivity contribution in [2.24, 2.45) is 0 Å². The Labute approximate surface area is 288 Å². The van der Waals surface area contributed by atoms with E-state index in [1.54, 1.807) is 0 Å². The minimum atomic E-state index is -0.325. The molecule has 7 heteroatoms. The summed E-state index contributed by atoms with van der Waals surface area (Å²) in [6.07, 6.45) is 37.2. The van der Waals surface area contributed by atoms with Gasteiger partial charge >= 0.3 is 58.0 Å². The van der Waals surface area contributed by atoms with Crippen molar-refractivity contribution in [3.05, 3.63) is 0 Å². The smallest absolute Gasteiger partial charge is 0.316 e. The maximum atomic E-state index is 11.9. The molecule has 0 amide bonds. The van der Waals surface area contributed by atoms with Crippen LogP contribution >= 0.6 is 0 Å². The van der Waals surface area contributed by atoms with Crippen LogP contribution in [0, 0.1) is 0 Å². The first kappa shape index (κ1) is 51.2. The standard InChI is InChI=1S/C34H66O3.2Mg.2H2O.4H/c1-3-5-7-9-11-13-15-17-18-20-22-24-26-28-30-32-34(36)37-33(35)31-29-27-25-23-21-19-16-14-12-10-8-6-4-2;;;;;;;;/h3-32H2,1-2H3;;;2*1H2;;;;. The van der Waals surface area contributed by atoms with Gasteiger partial charge in [-0.1, -0.05) is 181 Å². The quantitative estimate of drug-likeness (QED) is 0.0353. The summed E-state index contributed by atoms with van der Waals surface area (Å²) in [4.78, 5) is 23.8. The zero-order chi connectivity index (χ0) is 27.1. The van der Waals surface area contributed by atoms with E-state index in [1.165, 1.54) is 154 Å². The van der Waals surface area contributed by atoms with Crippen LogP contribution in [-0.4, -0.2) is 69.0 Å². The fourth-order valence-corrected chi connectivity index (χ4v) is 5.16. The number of hydrogen-bond donors (Lipinski definition) is 0. The van der Waals surface area contributed by atoms with Crippen LogP contribution in [0.1, 0.15) is 206 Å². The molecule has 244 valence electrons. The molecule has 0 saturated heterocycles. The predicted molar refractivity (Wildman–Crippen MR) is 185 cm³/mol. The van der Waals surface area contributed by atoms with Crippen LogP contribution in [0.15, 0.2) is 0 Å². The Morgan fingerprint density at radius 1 is 0.341 bits per heavy atom. The van der Waals surface area contributed by atoms with Gasteiger partial charge in [0, 0.05) is 12.8 Å². The molecule has 0 radical (unpaired) electrons. The summed E-state index contributed by atoms with van der Waals surface area (Å²) >= 11 is 0. The highest BCUT2D eigenvalue weighted by Crippen LogP contribution is 2.15. The van der Waals surface area contributed by atoms with Crippen molar-refractivity contribution in [3.63, 3.8) is 0 Å². The first-order valence-electron chi connectivity index (χ1n) is 16.9. The molecule has 0 aliphatic rings. The summed E-state index contributed by atoms with van der Waals surface area (Å²) in [5, 5.41) is 0. The molecule has 0 unspecified atom stereocenters. The van der Waals surface area contributed by atoms with Gasteiger partial charge in [0.1, 0.15) is 0 Å². The second-order valence-electron chi connectivity index (χ2n) is 11.5. The van der Waals surface area contributed by atoms with E-state index < -0.39 is 0 Å². The maximum Gasteiger partial charge on any atom is 0.316 e. The fourth-order valence-electron chi connectivity index (χ4n) is 5.16. The Morgan fingerprint density at radius 2 is 0.512 bits per heavy atom. The Morgan fingerprint density at radius 3 is 0.707 bits per heavy atom. The molecule has 0 spiro atoms. The Hall–Kier alpha value is 0.592. The summed E-state index contributed by atoms with van der Waals surface area (Å²) < 4.78 is 5.00. The largest absolute Gasteiger partial charge is 0.412 e. The fraction of sp³-hybridized carbons (Fsp3) is 0.941. The number of hydrogen-bond acceptors (Lipinski definition) is 3. The van der Waals surface area contributed by atoms with Gasteiger partial charge in [-0.15, -0.1) is 0 Å². The number of carbonyl (C=O) groups is 2. The predicted octanol–water partition coefficient (Wildman–Crippen LogP) is 8.32. The first-order valence-corrected chi connectivity index (χ1v) is 16.9. The second kappa shape index (κ2) is 45.0. The van der Waals surface area contributed by atoms with E-state index in [2.05, 4.69) is 13.8 Å². The van der Waals surface area contributed by atoms with Gasteiger partial charge in [0.2, 0.25) is 0 Å². The van der Waals surface area contributed by atoms with E-state index in [9.17, 15) is 9.59 Å². The summed E-state index contributed by atoms with van der Waals surface area (Å²) in [6.45, 7) is 4.55. The number of unbranched alkanes of at least 4 members (excludes halogenated alkanes) is 26. The van der Waals surface area contributed by atoms with E-state index >= 15 is 0 Å². The molecule has 41 heavy (non-hydrogen) atoms. The minimum absolute atomic E-state index is 0. The third-order valence-electron chi connectivity index (χ3n) is 7.70. The lowest BCUT2D eigenvalue weighted by atomic mass is 10.0. The van der Waals surface area contributed by atoms with E-state index in [-0.39, 0.29) is 69.0 Å². The molecule has 0 aliphatic carbocycles. The molecule has 0 aromatic heterocycles. The Kier molecular flexibility index (Phi) is 56.2. The van der Waals surface area contributed by atoms with Crippen LogP contribution < -0.4 is 0 Å². The van der Waals surface area contributed by atoms with Crippen LogP contribution in [-0.2, 0) is 14.3 Å². The molecule has 0 saturated carbocycles. The number of ether oxygens (including phenoxy) is 1. The molecule has 0 atom stereocenters. The van der Waals surface area contributed by atoms with E-state index in [1.807, 2.05) is 0 Å². The highest BCUT2D eigenvalue weighted by Gasteiger charge is 2.09. The Balaban J connectivity index is -0.00000108. The maximum absolute atomic E-state index is 11.9. The molecular weight excluding hydrogens is 537 g/mol. The van der Waals surface area contributed by atoms with Gasteiger partial charge in [-0.05, 0) is 12.8 Å². The van der Waals surface area contributed by atoms with Gasteiger partial charge in [0.25, 0.3) is 0 Å². The van der Waals surface area contributed by atoms with Crippen molar-refractivity contribution in [2.45, 2.75) is 206 Å². The molecular formula is C34H74Mg2O5. The summed E-state index contributed by atoms with van der Waals surface area (Å²) in [5.74, 6) is -0.650. The van der Waals surface area contributed by atoms with Crippen molar-refractivity contribution >= 4 is 58.0 Å². The highest BCUT2D eigenvalue weighted by molar-refractivity contribution is 5.85. The lowest BCUT2D eigenvalue weighted by Crippen LogP contribution is -2.11. The van der Waals surface area contributed by atoms with Crippen LogP contribution in [0.4, 0.5) is 0 Å². The minimum Gasteiger partial charge on any atom is -0.412 e. The van der Waals surface area contributed by atoms with Crippen LogP contribution in [0.3, 0.4) is 0 Å². The van der Waals surface area contributed by atoms with Crippen molar-refractivity contribution < 1.29 is 25.3 Å². The van der Waals surface area contributed by atoms with Gasteiger partial charge in [-0.25, -0.2) is 0 Å². The van der Waals surface area contributed by atoms with Crippen LogP contribution in [0.2, 0.25) is 0 Å².